The monoisotopic (exact) mass is 215 g/mol. The predicted molar refractivity (Wildman–Crippen MR) is 65.3 cm³/mol. The summed E-state index contributed by atoms with van der Waals surface area (Å²) in [5.41, 5.74) is 2.42. The molecule has 1 heterocycles. The molecular formula is C13H17N3. The van der Waals surface area contributed by atoms with Gasteiger partial charge in [0.1, 0.15) is 5.82 Å². The molecule has 2 rings (SSSR count). The van der Waals surface area contributed by atoms with Gasteiger partial charge in [0.15, 0.2) is 5.82 Å². The van der Waals surface area contributed by atoms with E-state index in [1.807, 2.05) is 6.07 Å². The number of nitrogens with zero attached hydrogens (tertiary/aromatic N) is 2. The van der Waals surface area contributed by atoms with E-state index in [1.165, 1.54) is 5.56 Å². The Morgan fingerprint density at radius 3 is 2.62 bits per heavy atom. The first-order chi connectivity index (χ1) is 7.72. The molecule has 16 heavy (non-hydrogen) atoms. The zero-order valence-electron chi connectivity index (χ0n) is 9.99. The quantitative estimate of drug-likeness (QED) is 0.854. The van der Waals surface area contributed by atoms with Gasteiger partial charge >= 0.3 is 0 Å². The molecule has 0 unspecified atom stereocenters. The van der Waals surface area contributed by atoms with E-state index in [1.54, 1.807) is 0 Å². The van der Waals surface area contributed by atoms with E-state index in [0.29, 0.717) is 5.92 Å². The molecule has 84 valence electrons. The normalized spacial score (nSPS) is 11.0. The molecule has 3 heteroatoms. The lowest BCUT2D eigenvalue weighted by molar-refractivity contribution is 0.781. The summed E-state index contributed by atoms with van der Waals surface area (Å²) in [5.74, 6) is 2.14. The summed E-state index contributed by atoms with van der Waals surface area (Å²) in [5, 5.41) is 7.27. The highest BCUT2D eigenvalue weighted by Gasteiger charge is 2.10. The Morgan fingerprint density at radius 1 is 1.25 bits per heavy atom. The smallest absolute Gasteiger partial charge is 0.181 e. The van der Waals surface area contributed by atoms with Gasteiger partial charge in [0.25, 0.3) is 0 Å². The van der Waals surface area contributed by atoms with E-state index in [0.717, 1.165) is 23.6 Å². The molecular weight excluding hydrogens is 198 g/mol. The zero-order valence-corrected chi connectivity index (χ0v) is 9.99. The van der Waals surface area contributed by atoms with Gasteiger partial charge in [-0.1, -0.05) is 45.0 Å². The molecule has 0 atom stereocenters. The number of H-pyrrole nitrogens is 1. The Hall–Kier alpha value is -1.64. The molecule has 0 aliphatic heterocycles. The van der Waals surface area contributed by atoms with Crippen molar-refractivity contribution < 1.29 is 0 Å². The van der Waals surface area contributed by atoms with Crippen LogP contribution < -0.4 is 0 Å². The average molecular weight is 215 g/mol. The fourth-order valence-corrected chi connectivity index (χ4v) is 1.70. The zero-order chi connectivity index (χ0) is 11.5. The lowest BCUT2D eigenvalue weighted by Gasteiger charge is -2.02. The number of benzene rings is 1. The molecule has 0 saturated heterocycles. The van der Waals surface area contributed by atoms with Gasteiger partial charge in [-0.25, -0.2) is 4.98 Å². The molecule has 0 amide bonds. The first kappa shape index (κ1) is 10.9. The lowest BCUT2D eigenvalue weighted by atomic mass is 10.1. The Labute approximate surface area is 95.9 Å². The number of hydrogen-bond acceptors (Lipinski definition) is 2. The third kappa shape index (κ3) is 1.98. The average Bonchev–Trinajstić information content (AvgIpc) is 2.78. The van der Waals surface area contributed by atoms with Gasteiger partial charge in [0.2, 0.25) is 0 Å². The highest BCUT2D eigenvalue weighted by molar-refractivity contribution is 5.59. The Bertz CT molecular complexity index is 472. The van der Waals surface area contributed by atoms with Crippen LogP contribution >= 0.6 is 0 Å². The summed E-state index contributed by atoms with van der Waals surface area (Å²) in [6.45, 7) is 6.36. The van der Waals surface area contributed by atoms with Crippen molar-refractivity contribution in [3.8, 4) is 11.4 Å². The number of nitrogens with one attached hydrogen (secondary N) is 1. The Morgan fingerprint density at radius 2 is 2.00 bits per heavy atom. The molecule has 1 aromatic heterocycles. The van der Waals surface area contributed by atoms with E-state index < -0.39 is 0 Å². The van der Waals surface area contributed by atoms with Gasteiger partial charge in [-0.05, 0) is 12.0 Å². The van der Waals surface area contributed by atoms with Crippen LogP contribution in [0.15, 0.2) is 24.3 Å². The molecule has 0 saturated carbocycles. The second-order valence-electron chi connectivity index (χ2n) is 4.21. The molecule has 0 bridgehead atoms. The lowest BCUT2D eigenvalue weighted by Crippen LogP contribution is -1.91. The van der Waals surface area contributed by atoms with E-state index in [-0.39, 0.29) is 0 Å². The summed E-state index contributed by atoms with van der Waals surface area (Å²) in [6.07, 6.45) is 1.00. The summed E-state index contributed by atoms with van der Waals surface area (Å²) in [7, 11) is 0. The van der Waals surface area contributed by atoms with Gasteiger partial charge in [0.05, 0.1) is 0 Å². The van der Waals surface area contributed by atoms with Crippen LogP contribution in [0.5, 0.6) is 0 Å². The van der Waals surface area contributed by atoms with Crippen molar-refractivity contribution in [2.45, 2.75) is 33.1 Å². The second kappa shape index (κ2) is 4.47. The van der Waals surface area contributed by atoms with Crippen LogP contribution in [0.4, 0.5) is 0 Å². The third-order valence-electron chi connectivity index (χ3n) is 2.69. The van der Waals surface area contributed by atoms with Crippen LogP contribution in [-0.4, -0.2) is 15.2 Å². The van der Waals surface area contributed by atoms with Crippen molar-refractivity contribution in [2.75, 3.05) is 0 Å². The first-order valence-corrected chi connectivity index (χ1v) is 5.73. The highest BCUT2D eigenvalue weighted by Crippen LogP contribution is 2.21. The molecule has 0 spiro atoms. The highest BCUT2D eigenvalue weighted by atomic mass is 15.2. The summed E-state index contributed by atoms with van der Waals surface area (Å²) in [4.78, 5) is 4.52. The molecule has 1 N–H and O–H groups in total. The second-order valence-corrected chi connectivity index (χ2v) is 4.21. The van der Waals surface area contributed by atoms with Gasteiger partial charge in [-0.15, -0.1) is 0 Å². The van der Waals surface area contributed by atoms with Gasteiger partial charge in [-0.3, -0.25) is 5.10 Å². The minimum absolute atomic E-state index is 0.384. The maximum Gasteiger partial charge on any atom is 0.181 e. The van der Waals surface area contributed by atoms with Crippen LogP contribution in [0.3, 0.4) is 0 Å². The van der Waals surface area contributed by atoms with Crippen molar-refractivity contribution in [1.82, 2.24) is 15.2 Å². The van der Waals surface area contributed by atoms with Crippen molar-refractivity contribution in [3.05, 3.63) is 35.7 Å². The summed E-state index contributed by atoms with van der Waals surface area (Å²) in [6, 6.07) is 8.28. The van der Waals surface area contributed by atoms with E-state index in [4.69, 9.17) is 0 Å². The third-order valence-corrected chi connectivity index (χ3v) is 2.69. The number of hydrogen-bond donors (Lipinski definition) is 1. The van der Waals surface area contributed by atoms with Crippen molar-refractivity contribution >= 4 is 0 Å². The standard InChI is InChI=1S/C13H17N3/c1-4-10-7-5-6-8-11(10)13-14-12(9(2)3)15-16-13/h5-9H,4H2,1-3H3,(H,14,15,16). The molecule has 0 fully saturated rings. The fraction of sp³-hybridized carbons (Fsp3) is 0.385. The molecule has 0 aliphatic rings. The van der Waals surface area contributed by atoms with E-state index in [9.17, 15) is 0 Å². The Balaban J connectivity index is 2.42. The van der Waals surface area contributed by atoms with E-state index >= 15 is 0 Å². The van der Waals surface area contributed by atoms with Gasteiger partial charge in [0, 0.05) is 11.5 Å². The SMILES string of the molecule is CCc1ccccc1-c1n[nH]c(C(C)C)n1. The predicted octanol–water partition coefficient (Wildman–Crippen LogP) is 3.16. The van der Waals surface area contributed by atoms with Crippen LogP contribution in [-0.2, 0) is 6.42 Å². The minimum Gasteiger partial charge on any atom is -0.262 e. The number of aryl methyl sites for hydroxylation is 1. The summed E-state index contributed by atoms with van der Waals surface area (Å²) >= 11 is 0. The minimum atomic E-state index is 0.384. The van der Waals surface area contributed by atoms with Gasteiger partial charge < -0.3 is 0 Å². The number of rotatable bonds is 3. The molecule has 3 nitrogen and oxygen atoms in total. The number of aromatic amines is 1. The molecule has 2 aromatic rings. The molecule has 0 aliphatic carbocycles. The van der Waals surface area contributed by atoms with Crippen molar-refractivity contribution in [3.63, 3.8) is 0 Å². The van der Waals surface area contributed by atoms with Crippen LogP contribution in [0, 0.1) is 0 Å². The van der Waals surface area contributed by atoms with Crippen LogP contribution in [0.2, 0.25) is 0 Å². The maximum absolute atomic E-state index is 4.52. The first-order valence-electron chi connectivity index (χ1n) is 5.73. The molecule has 1 aromatic carbocycles. The van der Waals surface area contributed by atoms with Crippen LogP contribution in [0.1, 0.15) is 38.1 Å². The van der Waals surface area contributed by atoms with Crippen molar-refractivity contribution in [1.29, 1.82) is 0 Å². The maximum atomic E-state index is 4.52. The molecule has 0 radical (unpaired) electrons. The fourth-order valence-electron chi connectivity index (χ4n) is 1.70. The number of aromatic nitrogens is 3. The topological polar surface area (TPSA) is 41.6 Å². The van der Waals surface area contributed by atoms with Crippen molar-refractivity contribution in [2.24, 2.45) is 0 Å². The van der Waals surface area contributed by atoms with Gasteiger partial charge in [-0.2, -0.15) is 5.10 Å². The van der Waals surface area contributed by atoms with Crippen LogP contribution in [0.25, 0.3) is 11.4 Å². The Kier molecular flexibility index (Phi) is 3.04. The largest absolute Gasteiger partial charge is 0.262 e. The summed E-state index contributed by atoms with van der Waals surface area (Å²) < 4.78 is 0. The van der Waals surface area contributed by atoms with E-state index in [2.05, 4.69) is 54.2 Å².